The normalized spacial score (nSPS) is 11.4. The van der Waals surface area contributed by atoms with Crippen molar-refractivity contribution in [2.45, 2.75) is 211 Å². The maximum atomic E-state index is 10.1. The van der Waals surface area contributed by atoms with E-state index >= 15 is 0 Å². The van der Waals surface area contributed by atoms with Crippen LogP contribution in [0.3, 0.4) is 0 Å². The van der Waals surface area contributed by atoms with E-state index in [1.54, 1.807) is 166 Å². The standard InChI is InChI=1S/8C4H9O.2Hf/c8*1-4(2,3)5;;/h8*1-3H3;;/q8*-1;2*+4. The molecule has 0 amide bonds. The molecule has 0 aromatic carbocycles. The molecule has 0 saturated carbocycles. The average Bonchev–Trinajstić information content (AvgIpc) is 2.16. The molecule has 8 nitrogen and oxygen atoms in total. The minimum absolute atomic E-state index is 0. The van der Waals surface area contributed by atoms with Gasteiger partial charge < -0.3 is 40.9 Å². The predicted octanol–water partition coefficient (Wildman–Crippen LogP) is 1.16. The molecule has 0 unspecified atom stereocenters. The molecule has 0 rings (SSSR count). The largest absolute Gasteiger partial charge is 4.00 e. The van der Waals surface area contributed by atoms with Gasteiger partial charge in [-0.1, -0.05) is 166 Å². The van der Waals surface area contributed by atoms with Crippen molar-refractivity contribution in [2.24, 2.45) is 0 Å². The minimum atomic E-state index is -0.750. The van der Waals surface area contributed by atoms with Crippen molar-refractivity contribution in [1.82, 2.24) is 0 Å². The number of rotatable bonds is 0. The Balaban J connectivity index is -0.0000000346. The SMILES string of the molecule is CC(C)(C)[O-].CC(C)(C)[O-].CC(C)(C)[O-].CC(C)(C)[O-].CC(C)(C)[O-].CC(C)(C)[O-].CC(C)(C)[O-].CC(C)(C)[O-].[Hf+4].[Hf+4]. The molecule has 0 saturated heterocycles. The fourth-order valence-corrected chi connectivity index (χ4v) is 0. The maximum absolute atomic E-state index is 10.1. The monoisotopic (exact) mass is 944 g/mol. The van der Waals surface area contributed by atoms with Gasteiger partial charge in [0.15, 0.2) is 0 Å². The van der Waals surface area contributed by atoms with E-state index in [-0.39, 0.29) is 51.7 Å². The zero-order valence-electron chi connectivity index (χ0n) is 32.3. The molecule has 42 heavy (non-hydrogen) atoms. The molecule has 0 aliphatic carbocycles. The molecule has 0 aliphatic heterocycles. The number of hydrogen-bond acceptors (Lipinski definition) is 8. The van der Waals surface area contributed by atoms with Gasteiger partial charge in [0.25, 0.3) is 0 Å². The van der Waals surface area contributed by atoms with Crippen molar-refractivity contribution in [1.29, 1.82) is 0 Å². The van der Waals surface area contributed by atoms with E-state index in [1.807, 2.05) is 0 Å². The molecular formula is C32H72Hf2O8. The van der Waals surface area contributed by atoms with E-state index in [4.69, 9.17) is 0 Å². The number of hydrogen-bond donors (Lipinski definition) is 0. The Labute approximate surface area is 301 Å². The second-order valence-electron chi connectivity index (χ2n) is 16.9. The summed E-state index contributed by atoms with van der Waals surface area (Å²) in [5.74, 6) is 0. The summed E-state index contributed by atoms with van der Waals surface area (Å²) in [6.45, 7) is 39.2. The van der Waals surface area contributed by atoms with Crippen LogP contribution in [0.25, 0.3) is 0 Å². The van der Waals surface area contributed by atoms with Crippen molar-refractivity contribution in [3.63, 3.8) is 0 Å². The Morgan fingerprint density at radius 3 is 0.167 bits per heavy atom. The summed E-state index contributed by atoms with van der Waals surface area (Å²) >= 11 is 0. The smallest absolute Gasteiger partial charge is 0.850 e. The van der Waals surface area contributed by atoms with Crippen LogP contribution in [0.1, 0.15) is 166 Å². The molecule has 0 bridgehead atoms. The van der Waals surface area contributed by atoms with Gasteiger partial charge in [0.1, 0.15) is 0 Å². The molecule has 0 aliphatic rings. The average molecular weight is 942 g/mol. The maximum Gasteiger partial charge on any atom is 4.00 e. The third kappa shape index (κ3) is 33500. The summed E-state index contributed by atoms with van der Waals surface area (Å²) in [4.78, 5) is 0. The molecule has 256 valence electrons. The van der Waals surface area contributed by atoms with Crippen LogP contribution in [0.2, 0.25) is 0 Å². The molecule has 0 spiro atoms. The Bertz CT molecular complexity index is 309. The van der Waals surface area contributed by atoms with Crippen LogP contribution in [-0.4, -0.2) is 44.8 Å². The third-order valence-electron chi connectivity index (χ3n) is 0. The van der Waals surface area contributed by atoms with Crippen LogP contribution in [-0.2, 0) is 51.7 Å². The fraction of sp³-hybridized carbons (Fsp3) is 1.00. The Morgan fingerprint density at radius 2 is 0.167 bits per heavy atom. The van der Waals surface area contributed by atoms with Crippen LogP contribution in [0.15, 0.2) is 0 Å². The van der Waals surface area contributed by atoms with Crippen LogP contribution in [0.5, 0.6) is 0 Å². The van der Waals surface area contributed by atoms with E-state index in [0.29, 0.717) is 0 Å². The van der Waals surface area contributed by atoms with Crippen molar-refractivity contribution < 1.29 is 92.5 Å². The van der Waals surface area contributed by atoms with E-state index < -0.39 is 44.8 Å². The van der Waals surface area contributed by atoms with Gasteiger partial charge in [-0.05, 0) is 0 Å². The van der Waals surface area contributed by atoms with Gasteiger partial charge in [0.05, 0.1) is 0 Å². The van der Waals surface area contributed by atoms with Crippen molar-refractivity contribution in [2.75, 3.05) is 0 Å². The minimum Gasteiger partial charge on any atom is -0.850 e. The van der Waals surface area contributed by atoms with Gasteiger partial charge in [-0.2, -0.15) is 0 Å². The second-order valence-corrected chi connectivity index (χ2v) is 16.9. The molecule has 10 heteroatoms. The van der Waals surface area contributed by atoms with Gasteiger partial charge >= 0.3 is 51.7 Å². The summed E-state index contributed by atoms with van der Waals surface area (Å²) in [5, 5.41) is 80.8. The topological polar surface area (TPSA) is 184 Å². The zero-order valence-corrected chi connectivity index (χ0v) is 39.5. The van der Waals surface area contributed by atoms with Crippen molar-refractivity contribution in [3.05, 3.63) is 0 Å². The van der Waals surface area contributed by atoms with E-state index in [9.17, 15) is 40.9 Å². The summed E-state index contributed by atoms with van der Waals surface area (Å²) in [6.07, 6.45) is 0. The molecule has 0 aromatic heterocycles. The Kier molecular flexibility index (Phi) is 49.6. The molecule has 0 atom stereocenters. The third-order valence-corrected chi connectivity index (χ3v) is 0. The molecule has 0 heterocycles. The van der Waals surface area contributed by atoms with Gasteiger partial charge in [-0.25, -0.2) is 0 Å². The van der Waals surface area contributed by atoms with Crippen LogP contribution < -0.4 is 40.9 Å². The van der Waals surface area contributed by atoms with Crippen LogP contribution >= 0.6 is 0 Å². The molecule has 0 fully saturated rings. The summed E-state index contributed by atoms with van der Waals surface area (Å²) in [7, 11) is 0. The van der Waals surface area contributed by atoms with E-state index in [1.165, 1.54) is 0 Å². The fourth-order valence-electron chi connectivity index (χ4n) is 0. The summed E-state index contributed by atoms with van der Waals surface area (Å²) < 4.78 is 0. The van der Waals surface area contributed by atoms with Gasteiger partial charge in [0.2, 0.25) is 0 Å². The first-order chi connectivity index (χ1) is 16.0. The summed E-state index contributed by atoms with van der Waals surface area (Å²) in [5.41, 5.74) is -6.00. The Hall–Kier alpha value is 1.42. The van der Waals surface area contributed by atoms with Crippen molar-refractivity contribution in [3.8, 4) is 0 Å². The van der Waals surface area contributed by atoms with Crippen LogP contribution in [0.4, 0.5) is 0 Å². The molecule has 0 aromatic rings. The van der Waals surface area contributed by atoms with Crippen molar-refractivity contribution >= 4 is 0 Å². The van der Waals surface area contributed by atoms with Gasteiger partial charge in [-0.15, -0.1) is 44.8 Å². The Morgan fingerprint density at radius 1 is 0.167 bits per heavy atom. The predicted molar refractivity (Wildman–Crippen MR) is 158 cm³/mol. The molecular weight excluding hydrogens is 869 g/mol. The first-order valence-corrected chi connectivity index (χ1v) is 13.6. The molecule has 0 radical (unpaired) electrons. The van der Waals surface area contributed by atoms with E-state index in [0.717, 1.165) is 0 Å². The second kappa shape index (κ2) is 29.8. The van der Waals surface area contributed by atoms with Crippen LogP contribution in [0, 0.1) is 0 Å². The van der Waals surface area contributed by atoms with Gasteiger partial charge in [0, 0.05) is 0 Å². The first kappa shape index (κ1) is 70.0. The quantitative estimate of drug-likeness (QED) is 0.324. The van der Waals surface area contributed by atoms with Gasteiger partial charge in [-0.3, -0.25) is 0 Å². The zero-order chi connectivity index (χ0) is 36.0. The molecule has 0 N–H and O–H groups in total. The summed E-state index contributed by atoms with van der Waals surface area (Å²) in [6, 6.07) is 0. The first-order valence-electron chi connectivity index (χ1n) is 13.6. The van der Waals surface area contributed by atoms with E-state index in [2.05, 4.69) is 0 Å².